The predicted molar refractivity (Wildman–Crippen MR) is 150 cm³/mol. The van der Waals surface area contributed by atoms with Crippen LogP contribution in [0.15, 0.2) is 31.1 Å². The first-order valence-electron chi connectivity index (χ1n) is 13.6. The minimum Gasteiger partial charge on any atom is -0.462 e. The third-order valence-electron chi connectivity index (χ3n) is 7.70. The molecule has 0 unspecified atom stereocenters. The fourth-order valence-electron chi connectivity index (χ4n) is 5.47. The molecule has 1 N–H and O–H groups in total. The van der Waals surface area contributed by atoms with E-state index in [-0.39, 0.29) is 5.91 Å². The number of fused-ring (bicyclic) bond motifs is 2. The summed E-state index contributed by atoms with van der Waals surface area (Å²) >= 11 is 0. The third-order valence-corrected chi connectivity index (χ3v) is 7.70. The lowest BCUT2D eigenvalue weighted by Crippen LogP contribution is -2.49. The molecule has 1 fully saturated rings. The van der Waals surface area contributed by atoms with Gasteiger partial charge in [0.2, 0.25) is 5.91 Å². The molecule has 2 aliphatic rings. The maximum atomic E-state index is 12.1. The van der Waals surface area contributed by atoms with E-state index in [0.717, 1.165) is 73.9 Å². The predicted octanol–water partition coefficient (Wildman–Crippen LogP) is 2.78. The van der Waals surface area contributed by atoms with Crippen molar-refractivity contribution < 1.29 is 9.53 Å². The van der Waals surface area contributed by atoms with E-state index in [9.17, 15) is 4.79 Å². The van der Waals surface area contributed by atoms with E-state index in [4.69, 9.17) is 14.7 Å². The number of rotatable bonds is 9. The molecule has 202 valence electrons. The van der Waals surface area contributed by atoms with Gasteiger partial charge in [-0.25, -0.2) is 4.98 Å². The van der Waals surface area contributed by atoms with Crippen molar-refractivity contribution in [2.45, 2.75) is 33.7 Å². The number of hydrogen-bond acceptors (Lipinski definition) is 8. The van der Waals surface area contributed by atoms with Gasteiger partial charge in [0.15, 0.2) is 0 Å². The second kappa shape index (κ2) is 11.4. The van der Waals surface area contributed by atoms with E-state index < -0.39 is 0 Å². The Morgan fingerprint density at radius 2 is 1.92 bits per heavy atom. The number of piperazine rings is 1. The monoisotopic (exact) mass is 518 g/mol. The third kappa shape index (κ3) is 5.18. The number of aromatic nitrogens is 4. The molecule has 5 rings (SSSR count). The quantitative estimate of drug-likeness (QED) is 0.432. The molecule has 0 radical (unpaired) electrons. The standard InChI is InChI=1S/C28H38N8O2/c1-5-24(37)34-12-14-35(15-13-34)27-21-10-11-36(26-20(4)8-9-22-25(26)30-19-29-22)18-23(21)31-28(32-27)38-17-16-33(6-2)7-3/h5,8-9,19H,1,6-7,10-18H2,2-4H3,(H,29,30). The molecule has 38 heavy (non-hydrogen) atoms. The van der Waals surface area contributed by atoms with E-state index in [1.807, 2.05) is 4.90 Å². The Morgan fingerprint density at radius 3 is 2.66 bits per heavy atom. The molecule has 2 aliphatic heterocycles. The van der Waals surface area contributed by atoms with Crippen LogP contribution in [0.4, 0.5) is 11.5 Å². The molecule has 0 atom stereocenters. The van der Waals surface area contributed by atoms with Crippen LogP contribution in [0.2, 0.25) is 0 Å². The van der Waals surface area contributed by atoms with Gasteiger partial charge in [0, 0.05) is 44.8 Å². The Balaban J connectivity index is 1.43. The van der Waals surface area contributed by atoms with Crippen molar-refractivity contribution in [3.63, 3.8) is 0 Å². The summed E-state index contributed by atoms with van der Waals surface area (Å²) in [5.41, 5.74) is 6.54. The second-order valence-corrected chi connectivity index (χ2v) is 9.85. The molecule has 2 aromatic heterocycles. The maximum Gasteiger partial charge on any atom is 0.318 e. The molecule has 1 amide bonds. The maximum absolute atomic E-state index is 12.1. The van der Waals surface area contributed by atoms with E-state index in [1.54, 1.807) is 6.33 Å². The Labute approximate surface area is 224 Å². The molecule has 1 saturated heterocycles. The van der Waals surface area contributed by atoms with Crippen molar-refractivity contribution in [2.24, 2.45) is 0 Å². The summed E-state index contributed by atoms with van der Waals surface area (Å²) < 4.78 is 6.13. The van der Waals surface area contributed by atoms with Crippen LogP contribution in [0.25, 0.3) is 11.0 Å². The fourth-order valence-corrected chi connectivity index (χ4v) is 5.47. The van der Waals surface area contributed by atoms with Gasteiger partial charge < -0.3 is 29.3 Å². The van der Waals surface area contributed by atoms with Gasteiger partial charge in [0.05, 0.1) is 29.8 Å². The first kappa shape index (κ1) is 26.0. The minimum atomic E-state index is -0.0201. The lowest BCUT2D eigenvalue weighted by Gasteiger charge is -2.38. The summed E-state index contributed by atoms with van der Waals surface area (Å²) in [6.45, 7) is 17.7. The molecule has 10 nitrogen and oxygen atoms in total. The van der Waals surface area contributed by atoms with Crippen LogP contribution in [-0.4, -0.2) is 94.6 Å². The number of H-pyrrole nitrogens is 1. The average Bonchev–Trinajstić information content (AvgIpc) is 3.43. The number of carbonyl (C=O) groups excluding carboxylic acids is 1. The van der Waals surface area contributed by atoms with Crippen molar-refractivity contribution in [3.05, 3.63) is 47.9 Å². The molecule has 0 saturated carbocycles. The number of hydrogen-bond donors (Lipinski definition) is 1. The molecule has 0 bridgehead atoms. The number of aryl methyl sites for hydroxylation is 1. The Bertz CT molecular complexity index is 1290. The number of imidazole rings is 1. The molecule has 4 heterocycles. The van der Waals surface area contributed by atoms with Crippen LogP contribution in [0.3, 0.4) is 0 Å². The van der Waals surface area contributed by atoms with Crippen LogP contribution in [0.5, 0.6) is 6.01 Å². The van der Waals surface area contributed by atoms with Crippen LogP contribution in [0.1, 0.15) is 30.7 Å². The first-order chi connectivity index (χ1) is 18.5. The SMILES string of the molecule is C=CC(=O)N1CCN(c2nc(OCCN(CC)CC)nc3c2CCN(c2c(C)ccc4[nH]cnc24)C3)CC1. The summed E-state index contributed by atoms with van der Waals surface area (Å²) in [5, 5.41) is 0. The zero-order valence-electron chi connectivity index (χ0n) is 22.7. The van der Waals surface area contributed by atoms with Gasteiger partial charge in [-0.3, -0.25) is 4.79 Å². The summed E-state index contributed by atoms with van der Waals surface area (Å²) in [6, 6.07) is 4.65. The van der Waals surface area contributed by atoms with Gasteiger partial charge in [0.25, 0.3) is 0 Å². The number of nitrogens with zero attached hydrogens (tertiary/aromatic N) is 7. The van der Waals surface area contributed by atoms with Crippen LogP contribution >= 0.6 is 0 Å². The summed E-state index contributed by atoms with van der Waals surface area (Å²) in [5.74, 6) is 0.918. The molecular weight excluding hydrogens is 480 g/mol. The van der Waals surface area contributed by atoms with Crippen molar-refractivity contribution in [2.75, 3.05) is 68.8 Å². The lowest BCUT2D eigenvalue weighted by molar-refractivity contribution is -0.126. The number of carbonyl (C=O) groups is 1. The number of nitrogens with one attached hydrogen (secondary N) is 1. The Kier molecular flexibility index (Phi) is 7.78. The molecule has 1 aromatic carbocycles. The molecule has 10 heteroatoms. The van der Waals surface area contributed by atoms with Crippen molar-refractivity contribution in [1.29, 1.82) is 0 Å². The van der Waals surface area contributed by atoms with E-state index in [2.05, 4.69) is 64.2 Å². The molecule has 0 spiro atoms. The highest BCUT2D eigenvalue weighted by molar-refractivity contribution is 5.90. The van der Waals surface area contributed by atoms with Crippen molar-refractivity contribution in [1.82, 2.24) is 29.7 Å². The minimum absolute atomic E-state index is 0.0201. The summed E-state index contributed by atoms with van der Waals surface area (Å²) in [6.07, 6.45) is 3.97. The number of aromatic amines is 1. The van der Waals surface area contributed by atoms with Gasteiger partial charge in [-0.1, -0.05) is 26.5 Å². The van der Waals surface area contributed by atoms with Crippen molar-refractivity contribution >= 4 is 28.4 Å². The lowest BCUT2D eigenvalue weighted by atomic mass is 10.0. The van der Waals surface area contributed by atoms with Gasteiger partial charge >= 0.3 is 6.01 Å². The summed E-state index contributed by atoms with van der Waals surface area (Å²) in [4.78, 5) is 38.6. The first-order valence-corrected chi connectivity index (χ1v) is 13.6. The Morgan fingerprint density at radius 1 is 1.13 bits per heavy atom. The molecule has 3 aromatic rings. The number of anilines is 2. The number of amides is 1. The number of benzene rings is 1. The van der Waals surface area contributed by atoms with Crippen LogP contribution < -0.4 is 14.5 Å². The van der Waals surface area contributed by atoms with Crippen LogP contribution in [-0.2, 0) is 17.8 Å². The second-order valence-electron chi connectivity index (χ2n) is 9.85. The normalized spacial score (nSPS) is 15.7. The van der Waals surface area contributed by atoms with E-state index in [0.29, 0.717) is 32.3 Å². The summed E-state index contributed by atoms with van der Waals surface area (Å²) in [7, 11) is 0. The van der Waals surface area contributed by atoms with Gasteiger partial charge in [-0.2, -0.15) is 9.97 Å². The largest absolute Gasteiger partial charge is 0.462 e. The molecular formula is C28H38N8O2. The fraction of sp³-hybridized carbons (Fsp3) is 0.500. The molecule has 0 aliphatic carbocycles. The van der Waals surface area contributed by atoms with Gasteiger partial charge in [-0.15, -0.1) is 0 Å². The number of ether oxygens (including phenoxy) is 1. The van der Waals surface area contributed by atoms with E-state index in [1.165, 1.54) is 17.2 Å². The zero-order chi connectivity index (χ0) is 26.6. The smallest absolute Gasteiger partial charge is 0.318 e. The number of likely N-dealkylation sites (N-methyl/N-ethyl adjacent to an activating group) is 1. The van der Waals surface area contributed by atoms with Gasteiger partial charge in [-0.05, 0) is 44.1 Å². The zero-order valence-corrected chi connectivity index (χ0v) is 22.7. The van der Waals surface area contributed by atoms with Crippen LogP contribution in [0, 0.1) is 6.92 Å². The topological polar surface area (TPSA) is 93.7 Å². The highest BCUT2D eigenvalue weighted by Crippen LogP contribution is 2.35. The highest BCUT2D eigenvalue weighted by atomic mass is 16.5. The Hall–Kier alpha value is -3.66. The van der Waals surface area contributed by atoms with Gasteiger partial charge in [0.1, 0.15) is 17.9 Å². The van der Waals surface area contributed by atoms with E-state index >= 15 is 0 Å². The average molecular weight is 519 g/mol. The highest BCUT2D eigenvalue weighted by Gasteiger charge is 2.29. The van der Waals surface area contributed by atoms with Crippen molar-refractivity contribution in [3.8, 4) is 6.01 Å².